The Bertz CT molecular complexity index is 226. The molecule has 0 aromatic rings. The molecule has 0 radical (unpaired) electrons. The molecule has 1 amide bonds. The summed E-state index contributed by atoms with van der Waals surface area (Å²) >= 11 is 0. The second-order valence-electron chi connectivity index (χ2n) is 4.62. The summed E-state index contributed by atoms with van der Waals surface area (Å²) in [6, 6.07) is 0.473. The van der Waals surface area contributed by atoms with Crippen LogP contribution in [0, 0.1) is 0 Å². The fraction of sp³-hybridized carbons (Fsp3) is 0.909. The molecule has 2 aliphatic rings. The number of rotatable bonds is 2. The number of hydrogen-bond donors (Lipinski definition) is 1. The van der Waals surface area contributed by atoms with Gasteiger partial charge in [-0.1, -0.05) is 0 Å². The summed E-state index contributed by atoms with van der Waals surface area (Å²) < 4.78 is 0. The van der Waals surface area contributed by atoms with Crippen LogP contribution in [0.15, 0.2) is 0 Å². The Hall–Kier alpha value is -0.610. The minimum Gasteiger partial charge on any atom is -0.340 e. The average molecular weight is 211 g/mol. The summed E-state index contributed by atoms with van der Waals surface area (Å²) in [6.07, 6.45) is 2.67. The van der Waals surface area contributed by atoms with Crippen LogP contribution < -0.4 is 5.32 Å². The molecule has 0 aliphatic carbocycles. The first-order valence-electron chi connectivity index (χ1n) is 5.97. The van der Waals surface area contributed by atoms with Gasteiger partial charge in [-0.3, -0.25) is 4.79 Å². The lowest BCUT2D eigenvalue weighted by atomic mass is 10.2. The molecule has 86 valence electrons. The van der Waals surface area contributed by atoms with E-state index in [-0.39, 0.29) is 5.91 Å². The Morgan fingerprint density at radius 1 is 1.33 bits per heavy atom. The van der Waals surface area contributed by atoms with Crippen molar-refractivity contribution in [3.8, 4) is 0 Å². The van der Waals surface area contributed by atoms with Crippen LogP contribution in [0.25, 0.3) is 0 Å². The molecule has 2 saturated heterocycles. The number of likely N-dealkylation sites (tertiary alicyclic amines) is 1. The highest BCUT2D eigenvalue weighted by Crippen LogP contribution is 2.09. The first-order chi connectivity index (χ1) is 7.25. The van der Waals surface area contributed by atoms with E-state index in [1.165, 1.54) is 25.9 Å². The quantitative estimate of drug-likeness (QED) is 0.693. The number of nitrogens with zero attached hydrogens (tertiary/aromatic N) is 2. The van der Waals surface area contributed by atoms with E-state index in [0.717, 1.165) is 26.2 Å². The van der Waals surface area contributed by atoms with E-state index in [9.17, 15) is 4.79 Å². The normalized spacial score (nSPS) is 28.3. The van der Waals surface area contributed by atoms with Gasteiger partial charge in [0.05, 0.1) is 0 Å². The van der Waals surface area contributed by atoms with E-state index < -0.39 is 0 Å². The molecular formula is C11H21N3O. The number of carbonyl (C=O) groups is 1. The van der Waals surface area contributed by atoms with Gasteiger partial charge in [-0.15, -0.1) is 0 Å². The van der Waals surface area contributed by atoms with Crippen molar-refractivity contribution in [3.63, 3.8) is 0 Å². The maximum atomic E-state index is 11.3. The maximum Gasteiger partial charge on any atom is 0.219 e. The van der Waals surface area contributed by atoms with Gasteiger partial charge in [-0.05, 0) is 25.9 Å². The van der Waals surface area contributed by atoms with Crippen LogP contribution >= 0.6 is 0 Å². The Balaban J connectivity index is 1.79. The predicted octanol–water partition coefficient (Wildman–Crippen LogP) is -0.0975. The lowest BCUT2D eigenvalue weighted by Crippen LogP contribution is -2.55. The summed E-state index contributed by atoms with van der Waals surface area (Å²) in [5.41, 5.74) is 0. The van der Waals surface area contributed by atoms with E-state index in [1.54, 1.807) is 6.92 Å². The smallest absolute Gasteiger partial charge is 0.219 e. The molecular weight excluding hydrogens is 190 g/mol. The van der Waals surface area contributed by atoms with Crippen molar-refractivity contribution in [2.75, 3.05) is 39.3 Å². The maximum absolute atomic E-state index is 11.3. The van der Waals surface area contributed by atoms with Crippen molar-refractivity contribution >= 4 is 5.91 Å². The molecule has 2 aliphatic heterocycles. The molecule has 4 heteroatoms. The largest absolute Gasteiger partial charge is 0.340 e. The van der Waals surface area contributed by atoms with Crippen molar-refractivity contribution in [1.29, 1.82) is 0 Å². The second-order valence-corrected chi connectivity index (χ2v) is 4.62. The molecule has 0 aromatic carbocycles. The average Bonchev–Trinajstić information content (AvgIpc) is 2.71. The number of amides is 1. The van der Waals surface area contributed by atoms with Gasteiger partial charge in [0.25, 0.3) is 0 Å². The van der Waals surface area contributed by atoms with E-state index >= 15 is 0 Å². The fourth-order valence-electron chi connectivity index (χ4n) is 2.51. The van der Waals surface area contributed by atoms with Crippen LogP contribution in [-0.2, 0) is 4.79 Å². The van der Waals surface area contributed by atoms with Crippen molar-refractivity contribution in [3.05, 3.63) is 0 Å². The van der Waals surface area contributed by atoms with Crippen LogP contribution in [0.4, 0.5) is 0 Å². The Morgan fingerprint density at radius 2 is 2.07 bits per heavy atom. The first kappa shape index (κ1) is 10.9. The van der Waals surface area contributed by atoms with Gasteiger partial charge < -0.3 is 15.1 Å². The molecule has 2 rings (SSSR count). The summed E-state index contributed by atoms with van der Waals surface area (Å²) in [4.78, 5) is 15.7. The first-order valence-corrected chi connectivity index (χ1v) is 5.97. The predicted molar refractivity (Wildman–Crippen MR) is 59.7 cm³/mol. The van der Waals surface area contributed by atoms with E-state index in [2.05, 4.69) is 10.2 Å². The molecule has 0 spiro atoms. The van der Waals surface area contributed by atoms with E-state index in [1.807, 2.05) is 4.90 Å². The minimum atomic E-state index is 0.211. The summed E-state index contributed by atoms with van der Waals surface area (Å²) in [5, 5.41) is 3.50. The number of piperazine rings is 1. The molecule has 0 saturated carbocycles. The third-order valence-corrected chi connectivity index (χ3v) is 3.38. The zero-order valence-electron chi connectivity index (χ0n) is 9.54. The highest BCUT2D eigenvalue weighted by molar-refractivity contribution is 5.73. The minimum absolute atomic E-state index is 0.211. The van der Waals surface area contributed by atoms with Crippen LogP contribution in [0.3, 0.4) is 0 Å². The molecule has 0 unspecified atom stereocenters. The molecule has 2 fully saturated rings. The molecule has 4 nitrogen and oxygen atoms in total. The van der Waals surface area contributed by atoms with E-state index in [4.69, 9.17) is 0 Å². The summed E-state index contributed by atoms with van der Waals surface area (Å²) in [7, 11) is 0. The van der Waals surface area contributed by atoms with Crippen molar-refractivity contribution in [2.24, 2.45) is 0 Å². The standard InChI is InChI=1S/C11H21N3O/c1-10(15)14-7-4-12-11(9-14)8-13-5-2-3-6-13/h11-12H,2-9H2,1H3/t11-/m1/s1. The van der Waals surface area contributed by atoms with Crippen LogP contribution in [0.2, 0.25) is 0 Å². The van der Waals surface area contributed by atoms with Crippen molar-refractivity contribution in [2.45, 2.75) is 25.8 Å². The van der Waals surface area contributed by atoms with Crippen LogP contribution in [-0.4, -0.2) is 61.0 Å². The highest BCUT2D eigenvalue weighted by Gasteiger charge is 2.23. The van der Waals surface area contributed by atoms with Gasteiger partial charge in [0, 0.05) is 39.1 Å². The van der Waals surface area contributed by atoms with E-state index in [0.29, 0.717) is 6.04 Å². The number of nitrogens with one attached hydrogen (secondary N) is 1. The fourth-order valence-corrected chi connectivity index (χ4v) is 2.51. The number of hydrogen-bond acceptors (Lipinski definition) is 3. The zero-order chi connectivity index (χ0) is 10.7. The van der Waals surface area contributed by atoms with Gasteiger partial charge in [0.1, 0.15) is 0 Å². The van der Waals surface area contributed by atoms with Crippen LogP contribution in [0.5, 0.6) is 0 Å². The molecule has 15 heavy (non-hydrogen) atoms. The Morgan fingerprint density at radius 3 is 2.73 bits per heavy atom. The van der Waals surface area contributed by atoms with Gasteiger partial charge >= 0.3 is 0 Å². The zero-order valence-corrected chi connectivity index (χ0v) is 9.54. The number of carbonyl (C=O) groups excluding carboxylic acids is 1. The third-order valence-electron chi connectivity index (χ3n) is 3.38. The second kappa shape index (κ2) is 4.94. The summed E-state index contributed by atoms with van der Waals surface area (Å²) in [6.45, 7) is 7.92. The van der Waals surface area contributed by atoms with Crippen molar-refractivity contribution < 1.29 is 4.79 Å². The van der Waals surface area contributed by atoms with Gasteiger partial charge in [-0.2, -0.15) is 0 Å². The third kappa shape index (κ3) is 2.92. The van der Waals surface area contributed by atoms with Gasteiger partial charge in [0.2, 0.25) is 5.91 Å². The molecule has 1 N–H and O–H groups in total. The topological polar surface area (TPSA) is 35.6 Å². The Kier molecular flexibility index (Phi) is 3.59. The van der Waals surface area contributed by atoms with Crippen LogP contribution in [0.1, 0.15) is 19.8 Å². The monoisotopic (exact) mass is 211 g/mol. The highest BCUT2D eigenvalue weighted by atomic mass is 16.2. The van der Waals surface area contributed by atoms with Crippen molar-refractivity contribution in [1.82, 2.24) is 15.1 Å². The Labute approximate surface area is 91.6 Å². The molecule has 0 aromatic heterocycles. The summed E-state index contributed by atoms with van der Waals surface area (Å²) in [5.74, 6) is 0.211. The van der Waals surface area contributed by atoms with Gasteiger partial charge in [-0.25, -0.2) is 0 Å². The SMILES string of the molecule is CC(=O)N1CCN[C@H](CN2CCCC2)C1. The molecule has 2 heterocycles. The lowest BCUT2D eigenvalue weighted by molar-refractivity contribution is -0.130. The molecule has 1 atom stereocenters. The lowest BCUT2D eigenvalue weighted by Gasteiger charge is -2.35. The van der Waals surface area contributed by atoms with Gasteiger partial charge in [0.15, 0.2) is 0 Å². The molecule has 0 bridgehead atoms.